The summed E-state index contributed by atoms with van der Waals surface area (Å²) in [5.74, 6) is 0. The third kappa shape index (κ3) is 7.15. The number of rotatable bonds is 2. The van der Waals surface area contributed by atoms with Gasteiger partial charge in [-0.15, -0.1) is 5.73 Å². The lowest BCUT2D eigenvalue weighted by atomic mass is 10.2. The van der Waals surface area contributed by atoms with E-state index in [9.17, 15) is 0 Å². The van der Waals surface area contributed by atoms with Crippen molar-refractivity contribution < 1.29 is 0 Å². The highest BCUT2D eigenvalue weighted by molar-refractivity contribution is 5.47. The van der Waals surface area contributed by atoms with Crippen LogP contribution < -0.4 is 0 Å². The van der Waals surface area contributed by atoms with Crippen molar-refractivity contribution in [2.75, 3.05) is 0 Å². The van der Waals surface area contributed by atoms with Crippen molar-refractivity contribution in [3.05, 3.63) is 60.4 Å². The Morgan fingerprint density at radius 3 is 2.29 bits per heavy atom. The molecule has 74 valence electrons. The zero-order valence-electron chi connectivity index (χ0n) is 9.03. The third-order valence-electron chi connectivity index (χ3n) is 1.51. The molecule has 0 nitrogen and oxygen atoms in total. The van der Waals surface area contributed by atoms with Crippen LogP contribution in [0.5, 0.6) is 0 Å². The Kier molecular flexibility index (Phi) is 8.53. The molecule has 0 atom stereocenters. The maximum absolute atomic E-state index is 3.37. The molecule has 1 aromatic carbocycles. The molecule has 0 fully saturated rings. The molecule has 0 spiro atoms. The van der Waals surface area contributed by atoms with Gasteiger partial charge >= 0.3 is 0 Å². The Morgan fingerprint density at radius 1 is 1.29 bits per heavy atom. The minimum Gasteiger partial charge on any atom is -0.133 e. The number of hydrogen-bond donors (Lipinski definition) is 0. The van der Waals surface area contributed by atoms with Gasteiger partial charge in [0.05, 0.1) is 0 Å². The lowest BCUT2D eigenvalue weighted by molar-refractivity contribution is 1.23. The summed E-state index contributed by atoms with van der Waals surface area (Å²) in [4.78, 5) is 0. The minimum atomic E-state index is 1.05. The largest absolute Gasteiger partial charge is 0.133 e. The van der Waals surface area contributed by atoms with Crippen LogP contribution in [0.2, 0.25) is 0 Å². The van der Waals surface area contributed by atoms with E-state index in [-0.39, 0.29) is 0 Å². The van der Waals surface area contributed by atoms with Crippen molar-refractivity contribution in [2.45, 2.75) is 20.3 Å². The number of hydrogen-bond acceptors (Lipinski definition) is 0. The molecule has 14 heavy (non-hydrogen) atoms. The van der Waals surface area contributed by atoms with E-state index in [1.807, 2.05) is 37.3 Å². The van der Waals surface area contributed by atoms with Gasteiger partial charge in [0.15, 0.2) is 0 Å². The molecule has 0 saturated heterocycles. The van der Waals surface area contributed by atoms with Crippen LogP contribution in [0.4, 0.5) is 0 Å². The minimum absolute atomic E-state index is 1.05. The maximum atomic E-state index is 3.37. The van der Waals surface area contributed by atoms with Crippen LogP contribution in [0.1, 0.15) is 25.8 Å². The van der Waals surface area contributed by atoms with E-state index in [4.69, 9.17) is 0 Å². The molecule has 0 heteroatoms. The van der Waals surface area contributed by atoms with Crippen molar-refractivity contribution in [3.8, 4) is 0 Å². The highest BCUT2D eigenvalue weighted by Crippen LogP contribution is 1.99. The molecular formula is C14H18. The molecule has 0 aliphatic rings. The summed E-state index contributed by atoms with van der Waals surface area (Å²) in [7, 11) is 0. The van der Waals surface area contributed by atoms with E-state index in [0.29, 0.717) is 0 Å². The quantitative estimate of drug-likeness (QED) is 0.598. The molecule has 1 aromatic rings. The van der Waals surface area contributed by atoms with Crippen molar-refractivity contribution in [1.82, 2.24) is 0 Å². The summed E-state index contributed by atoms with van der Waals surface area (Å²) in [5, 5.41) is 0. The molecule has 0 aromatic heterocycles. The van der Waals surface area contributed by atoms with Gasteiger partial charge in [-0.25, -0.2) is 0 Å². The molecule has 0 saturated carbocycles. The first-order valence-corrected chi connectivity index (χ1v) is 4.87. The average molecular weight is 186 g/mol. The van der Waals surface area contributed by atoms with Crippen LogP contribution in [0.25, 0.3) is 6.08 Å². The first-order chi connectivity index (χ1) is 6.85. The summed E-state index contributed by atoms with van der Waals surface area (Å²) in [6.07, 6.45) is 7.05. The monoisotopic (exact) mass is 186 g/mol. The van der Waals surface area contributed by atoms with Gasteiger partial charge in [-0.3, -0.25) is 0 Å². The van der Waals surface area contributed by atoms with E-state index in [2.05, 4.69) is 37.4 Å². The lowest BCUT2D eigenvalue weighted by Crippen LogP contribution is -1.65. The summed E-state index contributed by atoms with van der Waals surface area (Å²) in [6, 6.07) is 10.3. The van der Waals surface area contributed by atoms with Crippen LogP contribution >= 0.6 is 0 Å². The van der Waals surface area contributed by atoms with E-state index in [1.54, 1.807) is 0 Å². The topological polar surface area (TPSA) is 0 Å². The van der Waals surface area contributed by atoms with E-state index < -0.39 is 0 Å². The van der Waals surface area contributed by atoms with Crippen LogP contribution in [0.15, 0.2) is 54.8 Å². The highest BCUT2D eigenvalue weighted by atomic mass is 13.8. The fourth-order valence-electron chi connectivity index (χ4n) is 0.901. The second kappa shape index (κ2) is 9.57. The van der Waals surface area contributed by atoms with Gasteiger partial charge in [-0.1, -0.05) is 56.0 Å². The van der Waals surface area contributed by atoms with Crippen LogP contribution in [0, 0.1) is 0 Å². The van der Waals surface area contributed by atoms with Gasteiger partial charge in [0.2, 0.25) is 0 Å². The first-order valence-electron chi connectivity index (χ1n) is 4.87. The molecule has 0 radical (unpaired) electrons. The Bertz CT molecular complexity index is 287. The summed E-state index contributed by atoms with van der Waals surface area (Å²) in [6.45, 7) is 7.44. The zero-order chi connectivity index (χ0) is 10.6. The Morgan fingerprint density at radius 2 is 1.93 bits per heavy atom. The number of benzene rings is 1. The van der Waals surface area contributed by atoms with Crippen molar-refractivity contribution in [1.29, 1.82) is 0 Å². The van der Waals surface area contributed by atoms with Crippen molar-refractivity contribution >= 4 is 6.08 Å². The third-order valence-corrected chi connectivity index (χ3v) is 1.51. The Balaban J connectivity index is 0.000000292. The second-order valence-corrected chi connectivity index (χ2v) is 2.73. The van der Waals surface area contributed by atoms with Gasteiger partial charge in [0, 0.05) is 0 Å². The van der Waals surface area contributed by atoms with Crippen molar-refractivity contribution in [2.24, 2.45) is 0 Å². The predicted octanol–water partition coefficient (Wildman–Crippen LogP) is 4.46. The lowest BCUT2D eigenvalue weighted by Gasteiger charge is -1.86. The molecule has 1 rings (SSSR count). The molecule has 0 aliphatic heterocycles. The molecular weight excluding hydrogens is 168 g/mol. The normalized spacial score (nSPS) is 8.71. The van der Waals surface area contributed by atoms with Crippen LogP contribution in [-0.4, -0.2) is 0 Å². The summed E-state index contributed by atoms with van der Waals surface area (Å²) >= 11 is 0. The van der Waals surface area contributed by atoms with Gasteiger partial charge in [-0.2, -0.15) is 0 Å². The second-order valence-electron chi connectivity index (χ2n) is 2.73. The van der Waals surface area contributed by atoms with Gasteiger partial charge in [-0.05, 0) is 25.0 Å². The van der Waals surface area contributed by atoms with E-state index >= 15 is 0 Å². The SMILES string of the molecule is C/C=C\c1ccccc1.C=C=CCC. The number of allylic oxidation sites excluding steroid dienone is 2. The predicted molar refractivity (Wildman–Crippen MR) is 65.2 cm³/mol. The molecule has 0 aliphatic carbocycles. The Labute approximate surface area is 87.3 Å². The van der Waals surface area contributed by atoms with E-state index in [1.165, 1.54) is 5.56 Å². The highest BCUT2D eigenvalue weighted by Gasteiger charge is 1.77. The molecule has 0 amide bonds. The van der Waals surface area contributed by atoms with Crippen LogP contribution in [-0.2, 0) is 0 Å². The summed E-state index contributed by atoms with van der Waals surface area (Å²) < 4.78 is 0. The van der Waals surface area contributed by atoms with Crippen molar-refractivity contribution in [3.63, 3.8) is 0 Å². The average Bonchev–Trinajstić information content (AvgIpc) is 2.22. The zero-order valence-corrected chi connectivity index (χ0v) is 9.03. The summed E-state index contributed by atoms with van der Waals surface area (Å²) in [5.41, 5.74) is 3.91. The fraction of sp³-hybridized carbons (Fsp3) is 0.214. The molecule has 0 unspecified atom stereocenters. The molecule has 0 N–H and O–H groups in total. The Hall–Kier alpha value is -1.52. The maximum Gasteiger partial charge on any atom is -0.0260 e. The van der Waals surface area contributed by atoms with Gasteiger partial charge in [0.25, 0.3) is 0 Å². The standard InChI is InChI=1S/C9H10.C5H8/c1-2-6-9-7-4-3-5-8-9;1-3-5-4-2/h2-8H,1H3;5H,1,4H2,2H3/b6-2-;. The van der Waals surface area contributed by atoms with Gasteiger partial charge in [0.1, 0.15) is 0 Å². The van der Waals surface area contributed by atoms with Crippen LogP contribution in [0.3, 0.4) is 0 Å². The molecule has 0 heterocycles. The van der Waals surface area contributed by atoms with E-state index in [0.717, 1.165) is 6.42 Å². The smallest absolute Gasteiger partial charge is 0.0260 e. The molecule has 0 bridgehead atoms. The fourth-order valence-corrected chi connectivity index (χ4v) is 0.901. The first kappa shape index (κ1) is 12.5. The van der Waals surface area contributed by atoms with Gasteiger partial charge < -0.3 is 0 Å².